The number of nitrogens with two attached hydrogens (primary N) is 1. The predicted molar refractivity (Wildman–Crippen MR) is 59.2 cm³/mol. The van der Waals surface area contributed by atoms with Crippen LogP contribution in [0.1, 0.15) is 33.1 Å². The van der Waals surface area contributed by atoms with Gasteiger partial charge in [0.2, 0.25) is 5.91 Å². The molecule has 1 amide bonds. The number of nitrogens with one attached hydrogen (secondary N) is 1. The van der Waals surface area contributed by atoms with Crippen LogP contribution in [0.25, 0.3) is 0 Å². The van der Waals surface area contributed by atoms with Crippen molar-refractivity contribution in [1.29, 1.82) is 0 Å². The largest absolute Gasteiger partial charge is 0.396 e. The Hall–Kier alpha value is -0.610. The first-order valence-electron chi connectivity index (χ1n) is 5.65. The van der Waals surface area contributed by atoms with Crippen LogP contribution in [-0.2, 0) is 4.79 Å². The standard InChI is InChI=1S/C11H22N2O2/c1-8(9(2)12)10(15)13-7-11(3-4-11)5-6-14/h8-9,14H,3-7,12H2,1-2H3,(H,13,15). The number of hydrogen-bond donors (Lipinski definition) is 3. The SMILES string of the molecule is CC(N)C(C)C(=O)NCC1(CCO)CC1. The maximum atomic E-state index is 11.6. The first-order chi connectivity index (χ1) is 7.01. The van der Waals surface area contributed by atoms with Gasteiger partial charge in [-0.2, -0.15) is 0 Å². The van der Waals surface area contributed by atoms with Gasteiger partial charge in [0.25, 0.3) is 0 Å². The molecule has 1 rings (SSSR count). The number of hydrogen-bond acceptors (Lipinski definition) is 3. The van der Waals surface area contributed by atoms with Crippen LogP contribution in [-0.4, -0.2) is 30.2 Å². The molecule has 0 aromatic rings. The molecule has 1 aliphatic carbocycles. The first kappa shape index (κ1) is 12.5. The van der Waals surface area contributed by atoms with E-state index in [0.29, 0.717) is 6.54 Å². The van der Waals surface area contributed by atoms with Crippen molar-refractivity contribution in [1.82, 2.24) is 5.32 Å². The third-order valence-corrected chi connectivity index (χ3v) is 3.44. The summed E-state index contributed by atoms with van der Waals surface area (Å²) in [6, 6.07) is -0.113. The Kier molecular flexibility index (Phi) is 4.11. The summed E-state index contributed by atoms with van der Waals surface area (Å²) in [6.45, 7) is 4.57. The molecule has 0 saturated heterocycles. The molecule has 1 saturated carbocycles. The third-order valence-electron chi connectivity index (χ3n) is 3.44. The molecule has 15 heavy (non-hydrogen) atoms. The molecule has 0 radical (unpaired) electrons. The summed E-state index contributed by atoms with van der Waals surface area (Å²) in [5, 5.41) is 11.8. The second kappa shape index (κ2) is 4.94. The Bertz CT molecular complexity index is 225. The van der Waals surface area contributed by atoms with E-state index in [1.54, 1.807) is 0 Å². The van der Waals surface area contributed by atoms with Crippen molar-refractivity contribution in [3.05, 3.63) is 0 Å². The fourth-order valence-electron chi connectivity index (χ4n) is 1.60. The van der Waals surface area contributed by atoms with Gasteiger partial charge < -0.3 is 16.2 Å². The van der Waals surface area contributed by atoms with Crippen LogP contribution in [0.2, 0.25) is 0 Å². The molecule has 1 aliphatic rings. The van der Waals surface area contributed by atoms with Gasteiger partial charge >= 0.3 is 0 Å². The van der Waals surface area contributed by atoms with Crippen molar-refractivity contribution in [3.63, 3.8) is 0 Å². The molecule has 0 spiro atoms. The average molecular weight is 214 g/mol. The maximum absolute atomic E-state index is 11.6. The Morgan fingerprint density at radius 1 is 1.53 bits per heavy atom. The van der Waals surface area contributed by atoms with E-state index in [1.165, 1.54) is 0 Å². The highest BCUT2D eigenvalue weighted by Gasteiger charge is 2.42. The molecule has 2 unspecified atom stereocenters. The highest BCUT2D eigenvalue weighted by atomic mass is 16.3. The van der Waals surface area contributed by atoms with Gasteiger partial charge in [-0.25, -0.2) is 0 Å². The zero-order chi connectivity index (χ0) is 11.5. The Labute approximate surface area is 91.2 Å². The number of rotatable bonds is 6. The van der Waals surface area contributed by atoms with Gasteiger partial charge in [-0.15, -0.1) is 0 Å². The first-order valence-corrected chi connectivity index (χ1v) is 5.65. The topological polar surface area (TPSA) is 75.4 Å². The highest BCUT2D eigenvalue weighted by molar-refractivity contribution is 5.79. The van der Waals surface area contributed by atoms with E-state index in [4.69, 9.17) is 10.8 Å². The van der Waals surface area contributed by atoms with Gasteiger partial charge in [0, 0.05) is 25.1 Å². The van der Waals surface area contributed by atoms with E-state index in [9.17, 15) is 4.79 Å². The number of amides is 1. The van der Waals surface area contributed by atoms with Gasteiger partial charge in [-0.05, 0) is 31.6 Å². The molecule has 4 nitrogen and oxygen atoms in total. The summed E-state index contributed by atoms with van der Waals surface area (Å²) in [5.74, 6) is -0.121. The van der Waals surface area contributed by atoms with Crippen LogP contribution in [0.3, 0.4) is 0 Å². The van der Waals surface area contributed by atoms with E-state index >= 15 is 0 Å². The lowest BCUT2D eigenvalue weighted by atomic mass is 10.0. The molecule has 0 bridgehead atoms. The average Bonchev–Trinajstić information content (AvgIpc) is 2.94. The summed E-state index contributed by atoms with van der Waals surface area (Å²) < 4.78 is 0. The van der Waals surface area contributed by atoms with Crippen LogP contribution >= 0.6 is 0 Å². The number of carbonyl (C=O) groups is 1. The quantitative estimate of drug-likeness (QED) is 0.593. The van der Waals surface area contributed by atoms with E-state index in [1.807, 2.05) is 13.8 Å². The number of aliphatic hydroxyl groups excluding tert-OH is 1. The minimum atomic E-state index is -0.144. The van der Waals surface area contributed by atoms with Crippen molar-refractivity contribution < 1.29 is 9.90 Å². The molecule has 88 valence electrons. The van der Waals surface area contributed by atoms with E-state index < -0.39 is 0 Å². The minimum absolute atomic E-state index is 0.0224. The summed E-state index contributed by atoms with van der Waals surface area (Å²) in [7, 11) is 0. The van der Waals surface area contributed by atoms with Crippen LogP contribution in [0, 0.1) is 11.3 Å². The lowest BCUT2D eigenvalue weighted by molar-refractivity contribution is -0.125. The van der Waals surface area contributed by atoms with Gasteiger partial charge in [0.1, 0.15) is 0 Å². The third kappa shape index (κ3) is 3.47. The summed E-state index contributed by atoms with van der Waals surface area (Å²) >= 11 is 0. The number of carbonyl (C=O) groups excluding carboxylic acids is 1. The van der Waals surface area contributed by atoms with Gasteiger partial charge in [-0.1, -0.05) is 6.92 Å². The fraction of sp³-hybridized carbons (Fsp3) is 0.909. The zero-order valence-corrected chi connectivity index (χ0v) is 9.62. The molecule has 1 fully saturated rings. The molecule has 0 heterocycles. The summed E-state index contributed by atoms with van der Waals surface area (Å²) in [4.78, 5) is 11.6. The van der Waals surface area contributed by atoms with Crippen LogP contribution in [0.4, 0.5) is 0 Å². The smallest absolute Gasteiger partial charge is 0.224 e. The molecular formula is C11H22N2O2. The monoisotopic (exact) mass is 214 g/mol. The van der Waals surface area contributed by atoms with E-state index in [0.717, 1.165) is 19.3 Å². The lowest BCUT2D eigenvalue weighted by Gasteiger charge is -2.19. The fourth-order valence-corrected chi connectivity index (χ4v) is 1.60. The predicted octanol–water partition coefficient (Wildman–Crippen LogP) is 0.248. The Morgan fingerprint density at radius 3 is 2.53 bits per heavy atom. The van der Waals surface area contributed by atoms with Crippen molar-refractivity contribution in [2.24, 2.45) is 17.1 Å². The van der Waals surface area contributed by atoms with Gasteiger partial charge in [0.15, 0.2) is 0 Å². The van der Waals surface area contributed by atoms with Crippen molar-refractivity contribution >= 4 is 5.91 Å². The molecule has 0 aromatic carbocycles. The second-order valence-corrected chi connectivity index (χ2v) is 4.84. The van der Waals surface area contributed by atoms with Gasteiger partial charge in [0.05, 0.1) is 0 Å². The second-order valence-electron chi connectivity index (χ2n) is 4.84. The van der Waals surface area contributed by atoms with Crippen LogP contribution in [0.5, 0.6) is 0 Å². The van der Waals surface area contributed by atoms with Gasteiger partial charge in [-0.3, -0.25) is 4.79 Å². The van der Waals surface area contributed by atoms with Crippen LogP contribution in [0.15, 0.2) is 0 Å². The minimum Gasteiger partial charge on any atom is -0.396 e. The Balaban J connectivity index is 2.28. The Morgan fingerprint density at radius 2 is 2.13 bits per heavy atom. The highest BCUT2D eigenvalue weighted by Crippen LogP contribution is 2.47. The lowest BCUT2D eigenvalue weighted by Crippen LogP contribution is -2.40. The molecule has 4 heteroatoms. The van der Waals surface area contributed by atoms with Crippen molar-refractivity contribution in [2.75, 3.05) is 13.2 Å². The number of aliphatic hydroxyl groups is 1. The molecule has 2 atom stereocenters. The van der Waals surface area contributed by atoms with E-state index in [-0.39, 0.29) is 29.9 Å². The van der Waals surface area contributed by atoms with Crippen molar-refractivity contribution in [3.8, 4) is 0 Å². The molecule has 0 aliphatic heterocycles. The maximum Gasteiger partial charge on any atom is 0.224 e. The summed E-state index contributed by atoms with van der Waals surface area (Å²) in [6.07, 6.45) is 3.01. The van der Waals surface area contributed by atoms with Crippen LogP contribution < -0.4 is 11.1 Å². The molecule has 4 N–H and O–H groups in total. The molecule has 0 aromatic heterocycles. The summed E-state index contributed by atoms with van der Waals surface area (Å²) in [5.41, 5.74) is 5.83. The van der Waals surface area contributed by atoms with Crippen molar-refractivity contribution in [2.45, 2.75) is 39.2 Å². The molecular weight excluding hydrogens is 192 g/mol. The normalized spacial score (nSPS) is 21.9. The van der Waals surface area contributed by atoms with E-state index in [2.05, 4.69) is 5.32 Å². The zero-order valence-electron chi connectivity index (χ0n) is 9.62.